The molecule has 3 aromatic rings. The molecule has 0 unspecified atom stereocenters. The van der Waals surface area contributed by atoms with Crippen molar-refractivity contribution in [2.24, 2.45) is 0 Å². The van der Waals surface area contributed by atoms with Gasteiger partial charge in [0, 0.05) is 12.4 Å². The number of pyridine rings is 1. The maximum atomic E-state index is 5.31. The van der Waals surface area contributed by atoms with E-state index in [9.17, 15) is 0 Å². The number of nitrogens with zero attached hydrogens (tertiary/aromatic N) is 4. The zero-order chi connectivity index (χ0) is 12.5. The molecule has 6 heteroatoms. The average molecular weight is 257 g/mol. The van der Waals surface area contributed by atoms with Crippen molar-refractivity contribution in [1.82, 2.24) is 24.5 Å². The summed E-state index contributed by atoms with van der Waals surface area (Å²) < 4.78 is 2.66. The first kappa shape index (κ1) is 11.0. The minimum absolute atomic E-state index is 0.607. The quantitative estimate of drug-likeness (QED) is 0.715. The molecular weight excluding hydrogens is 246 g/mol. The molecule has 1 N–H and O–H groups in total. The Kier molecular flexibility index (Phi) is 2.64. The van der Waals surface area contributed by atoms with Crippen LogP contribution in [0.4, 0.5) is 0 Å². The number of hydrogen-bond acceptors (Lipinski definition) is 4. The van der Waals surface area contributed by atoms with E-state index < -0.39 is 0 Å². The molecule has 0 saturated carbocycles. The third kappa shape index (κ3) is 1.91. The molecule has 90 valence electrons. The lowest BCUT2D eigenvalue weighted by atomic mass is 10.3. The second-order valence-electron chi connectivity index (χ2n) is 4.06. The van der Waals surface area contributed by atoms with E-state index in [4.69, 9.17) is 12.2 Å². The lowest BCUT2D eigenvalue weighted by Crippen LogP contribution is -2.02. The lowest BCUT2D eigenvalue weighted by Gasteiger charge is -2.03. The summed E-state index contributed by atoms with van der Waals surface area (Å²) >= 11 is 5.31. The SMILES string of the molecule is Cc1cnc(Cn2c(=S)[nH]c3cnccc32)cn1. The van der Waals surface area contributed by atoms with E-state index >= 15 is 0 Å². The molecule has 0 saturated heterocycles. The predicted molar refractivity (Wildman–Crippen MR) is 70.8 cm³/mol. The van der Waals surface area contributed by atoms with Crippen LogP contribution in [0.2, 0.25) is 0 Å². The first-order chi connectivity index (χ1) is 8.74. The molecular formula is C12H11N5S. The highest BCUT2D eigenvalue weighted by molar-refractivity contribution is 7.71. The monoisotopic (exact) mass is 257 g/mol. The fourth-order valence-corrected chi connectivity index (χ4v) is 2.10. The Morgan fingerprint density at radius 2 is 2.17 bits per heavy atom. The van der Waals surface area contributed by atoms with Crippen LogP contribution in [0, 0.1) is 11.7 Å². The summed E-state index contributed by atoms with van der Waals surface area (Å²) in [5.74, 6) is 0. The number of aromatic nitrogens is 5. The average Bonchev–Trinajstić information content (AvgIpc) is 2.69. The van der Waals surface area contributed by atoms with Crippen LogP contribution >= 0.6 is 12.2 Å². The zero-order valence-electron chi connectivity index (χ0n) is 9.79. The van der Waals surface area contributed by atoms with Gasteiger partial charge in [-0.15, -0.1) is 0 Å². The second-order valence-corrected chi connectivity index (χ2v) is 4.44. The maximum Gasteiger partial charge on any atom is 0.178 e. The molecule has 0 spiro atoms. The molecule has 0 aromatic carbocycles. The van der Waals surface area contributed by atoms with E-state index in [1.165, 1.54) is 0 Å². The number of fused-ring (bicyclic) bond motifs is 1. The Bertz CT molecular complexity index is 741. The Morgan fingerprint density at radius 3 is 2.94 bits per heavy atom. The van der Waals surface area contributed by atoms with E-state index in [0.29, 0.717) is 11.3 Å². The molecule has 0 aliphatic rings. The molecule has 0 aliphatic carbocycles. The smallest absolute Gasteiger partial charge is 0.178 e. The van der Waals surface area contributed by atoms with Crippen molar-refractivity contribution < 1.29 is 0 Å². The van der Waals surface area contributed by atoms with Crippen LogP contribution in [0.3, 0.4) is 0 Å². The van der Waals surface area contributed by atoms with Gasteiger partial charge in [-0.25, -0.2) is 0 Å². The van der Waals surface area contributed by atoms with Crippen LogP contribution in [0.5, 0.6) is 0 Å². The zero-order valence-corrected chi connectivity index (χ0v) is 10.6. The molecule has 0 fully saturated rings. The molecule has 5 nitrogen and oxygen atoms in total. The van der Waals surface area contributed by atoms with Gasteiger partial charge in [-0.1, -0.05) is 0 Å². The summed E-state index contributed by atoms with van der Waals surface area (Å²) in [7, 11) is 0. The van der Waals surface area contributed by atoms with Crippen molar-refractivity contribution in [3.8, 4) is 0 Å². The van der Waals surface area contributed by atoms with Gasteiger partial charge >= 0.3 is 0 Å². The van der Waals surface area contributed by atoms with E-state index in [1.807, 2.05) is 17.6 Å². The van der Waals surface area contributed by atoms with E-state index in [0.717, 1.165) is 22.4 Å². The third-order valence-corrected chi connectivity index (χ3v) is 3.05. The Labute approximate surface area is 109 Å². The standard InChI is InChI=1S/C12H11N5S/c1-8-4-15-9(5-14-8)7-17-11-2-3-13-6-10(11)16-12(17)18/h2-6H,7H2,1H3,(H,16,18). The number of hydrogen-bond donors (Lipinski definition) is 1. The van der Waals surface area contributed by atoms with Crippen molar-refractivity contribution in [2.75, 3.05) is 0 Å². The van der Waals surface area contributed by atoms with Crippen LogP contribution in [0.15, 0.2) is 30.9 Å². The summed E-state index contributed by atoms with van der Waals surface area (Å²) in [6.07, 6.45) is 7.05. The van der Waals surface area contributed by atoms with Gasteiger partial charge < -0.3 is 9.55 Å². The Balaban J connectivity index is 2.07. The number of aromatic amines is 1. The minimum atomic E-state index is 0.607. The first-order valence-corrected chi connectivity index (χ1v) is 5.95. The minimum Gasteiger partial charge on any atom is -0.329 e. The van der Waals surface area contributed by atoms with Gasteiger partial charge in [0.1, 0.15) is 0 Å². The van der Waals surface area contributed by atoms with Crippen molar-refractivity contribution >= 4 is 23.3 Å². The van der Waals surface area contributed by atoms with Gasteiger partial charge in [0.15, 0.2) is 4.77 Å². The molecule has 3 heterocycles. The normalized spacial score (nSPS) is 10.9. The van der Waals surface area contributed by atoms with Gasteiger partial charge in [0.2, 0.25) is 0 Å². The molecule has 18 heavy (non-hydrogen) atoms. The van der Waals surface area contributed by atoms with Gasteiger partial charge in [0.25, 0.3) is 0 Å². The van der Waals surface area contributed by atoms with E-state index in [-0.39, 0.29) is 0 Å². The second kappa shape index (κ2) is 4.30. The molecule has 0 amide bonds. The molecule has 0 atom stereocenters. The van der Waals surface area contributed by atoms with Crippen molar-refractivity contribution in [3.63, 3.8) is 0 Å². The highest BCUT2D eigenvalue weighted by atomic mass is 32.1. The summed E-state index contributed by atoms with van der Waals surface area (Å²) in [5, 5.41) is 0. The molecule has 3 rings (SSSR count). The fourth-order valence-electron chi connectivity index (χ4n) is 1.83. The van der Waals surface area contributed by atoms with E-state index in [2.05, 4.69) is 19.9 Å². The highest BCUT2D eigenvalue weighted by Gasteiger charge is 2.05. The molecule has 3 aromatic heterocycles. The fraction of sp³-hybridized carbons (Fsp3) is 0.167. The lowest BCUT2D eigenvalue weighted by molar-refractivity contribution is 0.776. The van der Waals surface area contributed by atoms with Gasteiger partial charge in [-0.3, -0.25) is 15.0 Å². The van der Waals surface area contributed by atoms with E-state index in [1.54, 1.807) is 24.8 Å². The number of nitrogens with one attached hydrogen (secondary N) is 1. The van der Waals surface area contributed by atoms with Crippen LogP contribution < -0.4 is 0 Å². The summed E-state index contributed by atoms with van der Waals surface area (Å²) in [5.41, 5.74) is 3.75. The van der Waals surface area contributed by atoms with Crippen LogP contribution in [0.1, 0.15) is 11.4 Å². The van der Waals surface area contributed by atoms with Gasteiger partial charge in [-0.05, 0) is 25.2 Å². The van der Waals surface area contributed by atoms with Crippen molar-refractivity contribution in [2.45, 2.75) is 13.5 Å². The summed E-state index contributed by atoms with van der Waals surface area (Å²) in [4.78, 5) is 15.8. The predicted octanol–water partition coefficient (Wildman–Crippen LogP) is 2.24. The van der Waals surface area contributed by atoms with Crippen molar-refractivity contribution in [3.05, 3.63) is 47.0 Å². The maximum absolute atomic E-state index is 5.31. The van der Waals surface area contributed by atoms with Crippen LogP contribution in [-0.2, 0) is 6.54 Å². The molecule has 0 bridgehead atoms. The van der Waals surface area contributed by atoms with Gasteiger partial charge in [-0.2, -0.15) is 0 Å². The van der Waals surface area contributed by atoms with Crippen LogP contribution in [0.25, 0.3) is 11.0 Å². The van der Waals surface area contributed by atoms with Gasteiger partial charge in [0.05, 0.1) is 41.4 Å². The first-order valence-electron chi connectivity index (χ1n) is 5.54. The molecule has 0 radical (unpaired) electrons. The Hall–Kier alpha value is -2.08. The largest absolute Gasteiger partial charge is 0.329 e. The molecule has 0 aliphatic heterocycles. The highest BCUT2D eigenvalue weighted by Crippen LogP contribution is 2.13. The summed E-state index contributed by atoms with van der Waals surface area (Å²) in [6.45, 7) is 2.52. The summed E-state index contributed by atoms with van der Waals surface area (Å²) in [6, 6.07) is 1.93. The third-order valence-electron chi connectivity index (χ3n) is 2.73. The number of imidazole rings is 1. The number of aryl methyl sites for hydroxylation is 1. The topological polar surface area (TPSA) is 59.4 Å². The number of H-pyrrole nitrogens is 1. The Morgan fingerprint density at radius 1 is 1.28 bits per heavy atom. The van der Waals surface area contributed by atoms with Crippen molar-refractivity contribution in [1.29, 1.82) is 0 Å². The number of rotatable bonds is 2. The van der Waals surface area contributed by atoms with Crippen LogP contribution in [-0.4, -0.2) is 24.5 Å².